The maximum atomic E-state index is 8.26. The Hall–Kier alpha value is -0.160. The number of ether oxygens (including phenoxy) is 2. The second kappa shape index (κ2) is 35.9. The lowest BCUT2D eigenvalue weighted by molar-refractivity contribution is 0.0222. The molecule has 0 aliphatic heterocycles. The van der Waals surface area contributed by atoms with Crippen LogP contribution < -0.4 is 0 Å². The molecule has 0 aromatic heterocycles. The smallest absolute Gasteiger partial charge is 0.0701 e. The molecular weight excluding hydrogens is 328 g/mol. The fourth-order valence-electron chi connectivity index (χ4n) is 2.16. The van der Waals surface area contributed by atoms with Crippen molar-refractivity contribution in [1.82, 2.24) is 0 Å². The van der Waals surface area contributed by atoms with Crippen LogP contribution in [0.5, 0.6) is 0 Å². The Morgan fingerprint density at radius 2 is 0.692 bits per heavy atom. The Kier molecular flexibility index (Phi) is 42.2. The summed E-state index contributed by atoms with van der Waals surface area (Å²) < 4.78 is 9.75. The van der Waals surface area contributed by atoms with E-state index >= 15 is 0 Å². The normalized spacial score (nSPS) is 9.92. The monoisotopic (exact) mass is 378 g/mol. The van der Waals surface area contributed by atoms with Gasteiger partial charge in [-0.3, -0.25) is 0 Å². The molecule has 0 spiro atoms. The molecule has 0 aliphatic rings. The summed E-state index contributed by atoms with van der Waals surface area (Å²) in [7, 11) is 0. The highest BCUT2D eigenvalue weighted by Gasteiger charge is 1.87. The first-order valence-electron chi connectivity index (χ1n) is 11.1. The van der Waals surface area contributed by atoms with Crippen molar-refractivity contribution in [2.75, 3.05) is 39.6 Å². The van der Waals surface area contributed by atoms with Gasteiger partial charge in [-0.15, -0.1) is 0 Å². The largest absolute Gasteiger partial charge is 0.394 e. The lowest BCUT2D eigenvalue weighted by atomic mass is 10.1. The van der Waals surface area contributed by atoms with Crippen molar-refractivity contribution in [3.05, 3.63) is 0 Å². The zero-order chi connectivity index (χ0) is 20.1. The van der Waals surface area contributed by atoms with Crippen LogP contribution in [0.1, 0.15) is 105 Å². The minimum Gasteiger partial charge on any atom is -0.394 e. The number of hydrogen-bond donors (Lipinski definition) is 2. The number of aliphatic hydroxyl groups excluding tert-OH is 2. The van der Waals surface area contributed by atoms with Crippen molar-refractivity contribution in [3.63, 3.8) is 0 Å². The lowest BCUT2D eigenvalue weighted by Gasteiger charge is -2.01. The van der Waals surface area contributed by atoms with Crippen LogP contribution in [0, 0.1) is 0 Å². The molecule has 4 nitrogen and oxygen atoms in total. The van der Waals surface area contributed by atoms with Crippen molar-refractivity contribution >= 4 is 0 Å². The molecule has 0 unspecified atom stereocenters. The Labute approximate surface area is 164 Å². The van der Waals surface area contributed by atoms with Gasteiger partial charge in [0.2, 0.25) is 0 Å². The average Bonchev–Trinajstić information content (AvgIpc) is 2.66. The SMILES string of the molecule is CCCCCCCC.CCCCCCCC.OCCOCCOCCO. The van der Waals surface area contributed by atoms with Crippen LogP contribution in [-0.2, 0) is 9.47 Å². The van der Waals surface area contributed by atoms with E-state index in [-0.39, 0.29) is 13.2 Å². The van der Waals surface area contributed by atoms with Crippen molar-refractivity contribution in [2.45, 2.75) is 105 Å². The van der Waals surface area contributed by atoms with E-state index in [0.717, 1.165) is 0 Å². The molecular formula is C22H50O4. The number of unbranched alkanes of at least 4 members (excludes halogenated alkanes) is 10. The van der Waals surface area contributed by atoms with Gasteiger partial charge in [-0.1, -0.05) is 105 Å². The highest BCUT2D eigenvalue weighted by atomic mass is 16.5. The van der Waals surface area contributed by atoms with Gasteiger partial charge >= 0.3 is 0 Å². The van der Waals surface area contributed by atoms with Crippen LogP contribution in [0.25, 0.3) is 0 Å². The van der Waals surface area contributed by atoms with Crippen molar-refractivity contribution < 1.29 is 19.7 Å². The average molecular weight is 379 g/mol. The Morgan fingerprint density at radius 3 is 0.885 bits per heavy atom. The summed E-state index contributed by atoms with van der Waals surface area (Å²) in [5, 5.41) is 16.5. The summed E-state index contributed by atoms with van der Waals surface area (Å²) in [6, 6.07) is 0. The molecule has 0 amide bonds. The maximum absolute atomic E-state index is 8.26. The first-order valence-corrected chi connectivity index (χ1v) is 11.1. The van der Waals surface area contributed by atoms with E-state index in [2.05, 4.69) is 27.7 Å². The quantitative estimate of drug-likeness (QED) is 0.317. The summed E-state index contributed by atoms with van der Waals surface area (Å²) in [5.41, 5.74) is 0. The molecule has 0 saturated heterocycles. The van der Waals surface area contributed by atoms with Crippen molar-refractivity contribution in [3.8, 4) is 0 Å². The highest BCUT2D eigenvalue weighted by molar-refractivity contribution is 4.40. The third-order valence-corrected chi connectivity index (χ3v) is 3.76. The van der Waals surface area contributed by atoms with Gasteiger partial charge in [-0.25, -0.2) is 0 Å². The first kappa shape index (κ1) is 30.6. The Balaban J connectivity index is -0.000000308. The van der Waals surface area contributed by atoms with E-state index < -0.39 is 0 Å². The standard InChI is InChI=1S/2C8H18.C6H14O4/c2*1-3-5-7-8-6-4-2;7-1-3-9-5-6-10-4-2-8/h2*3-8H2,1-2H3;7-8H,1-6H2. The van der Waals surface area contributed by atoms with Gasteiger partial charge in [0.15, 0.2) is 0 Å². The van der Waals surface area contributed by atoms with Crippen LogP contribution in [-0.4, -0.2) is 49.9 Å². The topological polar surface area (TPSA) is 58.9 Å². The molecule has 0 rings (SSSR count). The number of hydrogen-bond acceptors (Lipinski definition) is 4. The molecule has 4 heteroatoms. The van der Waals surface area contributed by atoms with Gasteiger partial charge in [0.1, 0.15) is 0 Å². The van der Waals surface area contributed by atoms with Gasteiger partial charge in [0, 0.05) is 0 Å². The lowest BCUT2D eigenvalue weighted by Crippen LogP contribution is -2.09. The minimum atomic E-state index is 0.0417. The van der Waals surface area contributed by atoms with Crippen molar-refractivity contribution in [1.29, 1.82) is 0 Å². The minimum absolute atomic E-state index is 0.0417. The van der Waals surface area contributed by atoms with Gasteiger partial charge < -0.3 is 19.7 Å². The molecule has 0 aromatic carbocycles. The fourth-order valence-corrected chi connectivity index (χ4v) is 2.16. The van der Waals surface area contributed by atoms with Crippen LogP contribution in [0.2, 0.25) is 0 Å². The van der Waals surface area contributed by atoms with Gasteiger partial charge in [0.05, 0.1) is 39.6 Å². The molecule has 0 bridgehead atoms. The first-order chi connectivity index (χ1) is 12.7. The second-order valence-electron chi connectivity index (χ2n) is 6.50. The molecule has 0 aromatic rings. The summed E-state index contributed by atoms with van der Waals surface area (Å²) in [6.45, 7) is 10.8. The highest BCUT2D eigenvalue weighted by Crippen LogP contribution is 2.04. The molecule has 26 heavy (non-hydrogen) atoms. The molecule has 0 aliphatic carbocycles. The van der Waals surface area contributed by atoms with E-state index in [0.29, 0.717) is 26.4 Å². The van der Waals surface area contributed by atoms with E-state index in [1.54, 1.807) is 0 Å². The van der Waals surface area contributed by atoms with Crippen LogP contribution in [0.4, 0.5) is 0 Å². The predicted octanol–water partition coefficient (Wildman–Crippen LogP) is 5.74. The molecule has 0 heterocycles. The summed E-state index contributed by atoms with van der Waals surface area (Å²) in [4.78, 5) is 0. The zero-order valence-corrected chi connectivity index (χ0v) is 18.4. The Bertz CT molecular complexity index is 157. The molecule has 0 saturated carbocycles. The Morgan fingerprint density at radius 1 is 0.423 bits per heavy atom. The van der Waals surface area contributed by atoms with Crippen LogP contribution in [0.3, 0.4) is 0 Å². The number of aliphatic hydroxyl groups is 2. The van der Waals surface area contributed by atoms with Crippen LogP contribution >= 0.6 is 0 Å². The maximum Gasteiger partial charge on any atom is 0.0701 e. The van der Waals surface area contributed by atoms with Gasteiger partial charge in [-0.2, -0.15) is 0 Å². The third-order valence-electron chi connectivity index (χ3n) is 3.76. The van der Waals surface area contributed by atoms with E-state index in [1.165, 1.54) is 77.0 Å². The molecule has 0 radical (unpaired) electrons. The number of rotatable bonds is 17. The third kappa shape index (κ3) is 43.9. The summed E-state index contributed by atoms with van der Waals surface area (Å²) >= 11 is 0. The zero-order valence-electron chi connectivity index (χ0n) is 18.4. The molecule has 162 valence electrons. The van der Waals surface area contributed by atoms with E-state index in [4.69, 9.17) is 19.7 Å². The van der Waals surface area contributed by atoms with Crippen molar-refractivity contribution in [2.24, 2.45) is 0 Å². The molecule has 0 fully saturated rings. The fraction of sp³-hybridized carbons (Fsp3) is 1.00. The van der Waals surface area contributed by atoms with E-state index in [1.807, 2.05) is 0 Å². The van der Waals surface area contributed by atoms with Gasteiger partial charge in [-0.05, 0) is 0 Å². The molecule has 0 atom stereocenters. The summed E-state index contributed by atoms with van der Waals surface area (Å²) in [5.74, 6) is 0. The van der Waals surface area contributed by atoms with Crippen LogP contribution in [0.15, 0.2) is 0 Å². The second-order valence-corrected chi connectivity index (χ2v) is 6.50. The van der Waals surface area contributed by atoms with Gasteiger partial charge in [0.25, 0.3) is 0 Å². The molecule has 2 N–H and O–H groups in total. The van der Waals surface area contributed by atoms with E-state index in [9.17, 15) is 0 Å². The predicted molar refractivity (Wildman–Crippen MR) is 114 cm³/mol. The summed E-state index contributed by atoms with van der Waals surface area (Å²) in [6.07, 6.45) is 17.0.